The number of carbonyl (C=O) groups excluding carboxylic acids is 1. The van der Waals surface area contributed by atoms with Crippen LogP contribution in [0.4, 0.5) is 5.69 Å². The van der Waals surface area contributed by atoms with Crippen LogP contribution in [0.2, 0.25) is 5.02 Å². The minimum Gasteiger partial charge on any atom is -0.490 e. The number of hydrogen-bond acceptors (Lipinski definition) is 4. The fourth-order valence-electron chi connectivity index (χ4n) is 3.47. The largest absolute Gasteiger partial charge is 0.490 e. The van der Waals surface area contributed by atoms with E-state index in [9.17, 15) is 9.90 Å². The van der Waals surface area contributed by atoms with Crippen molar-refractivity contribution in [3.63, 3.8) is 0 Å². The van der Waals surface area contributed by atoms with E-state index in [1.165, 1.54) is 0 Å². The first-order valence-corrected chi connectivity index (χ1v) is 8.57. The summed E-state index contributed by atoms with van der Waals surface area (Å²) in [5.74, 6) is 0.886. The van der Waals surface area contributed by atoms with Crippen LogP contribution in [0.15, 0.2) is 18.2 Å². The lowest BCUT2D eigenvalue weighted by molar-refractivity contribution is -0.131. The van der Waals surface area contributed by atoms with Gasteiger partial charge in [-0.3, -0.25) is 4.79 Å². The van der Waals surface area contributed by atoms with Gasteiger partial charge >= 0.3 is 0 Å². The van der Waals surface area contributed by atoms with Gasteiger partial charge in [0.15, 0.2) is 0 Å². The predicted molar refractivity (Wildman–Crippen MR) is 90.2 cm³/mol. The second-order valence-corrected chi connectivity index (χ2v) is 6.79. The van der Waals surface area contributed by atoms with E-state index in [4.69, 9.17) is 16.3 Å². The monoisotopic (exact) mass is 338 g/mol. The van der Waals surface area contributed by atoms with Gasteiger partial charge in [-0.25, -0.2) is 0 Å². The molecule has 126 valence electrons. The van der Waals surface area contributed by atoms with E-state index >= 15 is 0 Å². The molecule has 6 heteroatoms. The minimum atomic E-state index is -0.378. The van der Waals surface area contributed by atoms with Gasteiger partial charge in [-0.1, -0.05) is 11.6 Å². The second kappa shape index (κ2) is 6.97. The maximum absolute atomic E-state index is 12.7. The predicted octanol–water partition coefficient (Wildman–Crippen LogP) is 2.30. The molecule has 2 atom stereocenters. The molecule has 1 aromatic carbocycles. The van der Waals surface area contributed by atoms with Gasteiger partial charge < -0.3 is 19.6 Å². The van der Waals surface area contributed by atoms with Crippen LogP contribution < -0.4 is 9.64 Å². The Morgan fingerprint density at radius 2 is 2.30 bits per heavy atom. The second-order valence-electron chi connectivity index (χ2n) is 6.35. The molecule has 0 radical (unpaired) electrons. The van der Waals surface area contributed by atoms with E-state index in [-0.39, 0.29) is 18.1 Å². The maximum Gasteiger partial charge on any atom is 0.242 e. The quantitative estimate of drug-likeness (QED) is 0.915. The summed E-state index contributed by atoms with van der Waals surface area (Å²) < 4.78 is 5.63. The average Bonchev–Trinajstić information content (AvgIpc) is 2.95. The number of amides is 1. The van der Waals surface area contributed by atoms with Crippen molar-refractivity contribution in [1.29, 1.82) is 0 Å². The number of anilines is 1. The molecule has 0 aliphatic carbocycles. The van der Waals surface area contributed by atoms with E-state index in [0.717, 1.165) is 30.8 Å². The minimum absolute atomic E-state index is 0.112. The van der Waals surface area contributed by atoms with E-state index in [1.54, 1.807) is 13.0 Å². The highest BCUT2D eigenvalue weighted by molar-refractivity contribution is 6.31. The van der Waals surface area contributed by atoms with Crippen LogP contribution in [0.3, 0.4) is 0 Å². The Balaban J connectivity index is 1.70. The summed E-state index contributed by atoms with van der Waals surface area (Å²) in [4.78, 5) is 16.7. The first-order valence-electron chi connectivity index (χ1n) is 8.19. The van der Waals surface area contributed by atoms with Crippen LogP contribution in [-0.2, 0) is 4.79 Å². The van der Waals surface area contributed by atoms with Crippen molar-refractivity contribution in [3.05, 3.63) is 23.2 Å². The third kappa shape index (κ3) is 3.72. The van der Waals surface area contributed by atoms with Crippen LogP contribution >= 0.6 is 11.6 Å². The van der Waals surface area contributed by atoms with Crippen molar-refractivity contribution in [1.82, 2.24) is 4.90 Å². The van der Waals surface area contributed by atoms with Gasteiger partial charge in [0.2, 0.25) is 5.91 Å². The fourth-order valence-corrected chi connectivity index (χ4v) is 3.63. The third-order valence-corrected chi connectivity index (χ3v) is 4.75. The Hall–Kier alpha value is -1.46. The third-order valence-electron chi connectivity index (χ3n) is 4.52. The van der Waals surface area contributed by atoms with E-state index in [2.05, 4.69) is 0 Å². The number of ether oxygens (including phenoxy) is 1. The number of rotatable bonds is 4. The summed E-state index contributed by atoms with van der Waals surface area (Å²) >= 11 is 6.08. The highest BCUT2D eigenvalue weighted by atomic mass is 35.5. The van der Waals surface area contributed by atoms with E-state index in [0.29, 0.717) is 31.1 Å². The number of hydrogen-bond donors (Lipinski definition) is 1. The summed E-state index contributed by atoms with van der Waals surface area (Å²) in [7, 11) is 0. The number of halogens is 1. The van der Waals surface area contributed by atoms with E-state index in [1.807, 2.05) is 21.9 Å². The topological polar surface area (TPSA) is 53.0 Å². The molecule has 1 aromatic rings. The first-order chi connectivity index (χ1) is 11.0. The first kappa shape index (κ1) is 16.4. The van der Waals surface area contributed by atoms with Crippen molar-refractivity contribution >= 4 is 23.2 Å². The number of fused-ring (bicyclic) bond motifs is 1. The van der Waals surface area contributed by atoms with Crippen LogP contribution in [0, 0.1) is 0 Å². The van der Waals surface area contributed by atoms with Crippen LogP contribution in [0.5, 0.6) is 5.75 Å². The number of aliphatic hydroxyl groups is 1. The smallest absolute Gasteiger partial charge is 0.242 e. The lowest BCUT2D eigenvalue weighted by atomic mass is 10.1. The zero-order valence-electron chi connectivity index (χ0n) is 13.4. The number of nitrogens with zero attached hydrogens (tertiary/aromatic N) is 2. The van der Waals surface area contributed by atoms with E-state index < -0.39 is 0 Å². The molecule has 1 amide bonds. The Bertz CT molecular complexity index is 579. The van der Waals surface area contributed by atoms with Crippen molar-refractivity contribution in [2.75, 3.05) is 31.1 Å². The number of likely N-dealkylation sites (tertiary alicyclic amines) is 1. The lowest BCUT2D eigenvalue weighted by Crippen LogP contribution is -2.45. The van der Waals surface area contributed by atoms with Gasteiger partial charge in [-0.15, -0.1) is 0 Å². The molecule has 2 heterocycles. The van der Waals surface area contributed by atoms with Crippen molar-refractivity contribution < 1.29 is 14.6 Å². The van der Waals surface area contributed by atoms with Gasteiger partial charge in [-0.2, -0.15) is 0 Å². The zero-order chi connectivity index (χ0) is 16.4. The molecule has 0 aromatic heterocycles. The van der Waals surface area contributed by atoms with Crippen LogP contribution in [0.1, 0.15) is 26.2 Å². The molecule has 0 saturated carbocycles. The maximum atomic E-state index is 12.7. The van der Waals surface area contributed by atoms with Crippen molar-refractivity contribution in [2.24, 2.45) is 0 Å². The standard InChI is InChI=1S/C17H23ClN2O3/c1-12(21)9-14-3-2-6-20(14)17(22)11-19-7-8-23-16-5-4-13(18)10-15(16)19/h4-5,10,12,14,21H,2-3,6-9,11H2,1H3. The Morgan fingerprint density at radius 3 is 3.09 bits per heavy atom. The molecule has 1 N–H and O–H groups in total. The van der Waals surface area contributed by atoms with Crippen molar-refractivity contribution in [2.45, 2.75) is 38.3 Å². The average molecular weight is 339 g/mol. The summed E-state index contributed by atoms with van der Waals surface area (Å²) in [6, 6.07) is 5.65. The molecule has 23 heavy (non-hydrogen) atoms. The Labute approximate surface area is 141 Å². The molecule has 3 rings (SSSR count). The van der Waals surface area contributed by atoms with Gasteiger partial charge in [0.1, 0.15) is 12.4 Å². The van der Waals surface area contributed by atoms with Crippen molar-refractivity contribution in [3.8, 4) is 5.75 Å². The highest BCUT2D eigenvalue weighted by Gasteiger charge is 2.31. The molecule has 2 unspecified atom stereocenters. The molecule has 5 nitrogen and oxygen atoms in total. The van der Waals surface area contributed by atoms with Gasteiger partial charge in [-0.05, 0) is 44.4 Å². The molecule has 1 fully saturated rings. The normalized spacial score (nSPS) is 21.8. The molecule has 2 aliphatic rings. The highest BCUT2D eigenvalue weighted by Crippen LogP contribution is 2.34. The number of aliphatic hydroxyl groups excluding tert-OH is 1. The molecule has 1 saturated heterocycles. The Morgan fingerprint density at radius 1 is 1.48 bits per heavy atom. The van der Waals surface area contributed by atoms with Gasteiger partial charge in [0.25, 0.3) is 0 Å². The summed E-state index contributed by atoms with van der Waals surface area (Å²) in [6.07, 6.45) is 2.25. The zero-order valence-corrected chi connectivity index (χ0v) is 14.1. The van der Waals surface area contributed by atoms with Crippen LogP contribution in [-0.4, -0.2) is 54.3 Å². The summed E-state index contributed by atoms with van der Waals surface area (Å²) in [5, 5.41) is 10.3. The molecule has 2 aliphatic heterocycles. The SMILES string of the molecule is CC(O)CC1CCCN1C(=O)CN1CCOc2ccc(Cl)cc21. The van der Waals surface area contributed by atoms with Crippen LogP contribution in [0.25, 0.3) is 0 Å². The molecular formula is C17H23ClN2O3. The fraction of sp³-hybridized carbons (Fsp3) is 0.588. The summed E-state index contributed by atoms with van der Waals surface area (Å²) in [6.45, 7) is 4.13. The van der Waals surface area contributed by atoms with Gasteiger partial charge in [0.05, 0.1) is 24.9 Å². The number of carbonyl (C=O) groups is 1. The molecule has 0 bridgehead atoms. The summed E-state index contributed by atoms with van der Waals surface area (Å²) in [5.41, 5.74) is 0.878. The number of benzene rings is 1. The molecular weight excluding hydrogens is 316 g/mol. The Kier molecular flexibility index (Phi) is 4.97. The lowest BCUT2D eigenvalue weighted by Gasteiger charge is -2.33. The van der Waals surface area contributed by atoms with Gasteiger partial charge in [0, 0.05) is 17.6 Å². The molecule has 0 spiro atoms.